The number of hydrogen-bond acceptors (Lipinski definition) is 4. The van der Waals surface area contributed by atoms with Crippen molar-refractivity contribution in [2.45, 2.75) is 0 Å². The molecule has 0 saturated heterocycles. The summed E-state index contributed by atoms with van der Waals surface area (Å²) >= 11 is 0. The molecule has 0 atom stereocenters. The van der Waals surface area contributed by atoms with Crippen LogP contribution in [-0.2, 0) is 0 Å². The molecule has 0 spiro atoms. The quantitative estimate of drug-likeness (QED) is 0.123. The van der Waals surface area contributed by atoms with Gasteiger partial charge in [0.2, 0.25) is 0 Å². The standard InChI is InChI=1S/C67H40N4O/c1-4-19-41(20-5-1)65-51-36-38-60-64(63(51)50-30-14-16-33-55(50)68-65)53-32-18-31-52(66(53)72-60)61-46-26-10-12-28-48(46)62(49-29-13-11-27-47(49)61)57-40-56(69-67(70-57)42-21-6-2-7-22-42)43-35-37-59-54(39-43)45-25-15-17-34-58(45)71(59)44-23-8-3-9-24-44/h1-40H. The van der Waals surface area contributed by atoms with E-state index < -0.39 is 0 Å². The summed E-state index contributed by atoms with van der Waals surface area (Å²) < 4.78 is 9.48. The summed E-state index contributed by atoms with van der Waals surface area (Å²) in [4.78, 5) is 16.1. The van der Waals surface area contributed by atoms with Crippen molar-refractivity contribution in [2.24, 2.45) is 0 Å². The fourth-order valence-electron chi connectivity index (χ4n) is 11.5. The number of pyridine rings is 1. The van der Waals surface area contributed by atoms with Gasteiger partial charge in [-0.25, -0.2) is 15.0 Å². The second-order valence-corrected chi connectivity index (χ2v) is 18.6. The second-order valence-electron chi connectivity index (χ2n) is 18.6. The average molecular weight is 917 g/mol. The van der Waals surface area contributed by atoms with E-state index in [-0.39, 0.29) is 0 Å². The number of hydrogen-bond donors (Lipinski definition) is 0. The maximum absolute atomic E-state index is 7.12. The van der Waals surface area contributed by atoms with Gasteiger partial charge in [0.1, 0.15) is 11.2 Å². The van der Waals surface area contributed by atoms with Crippen molar-refractivity contribution in [2.75, 3.05) is 0 Å². The Bertz CT molecular complexity index is 4610. The van der Waals surface area contributed by atoms with Crippen LogP contribution in [0.3, 0.4) is 0 Å². The molecule has 15 rings (SSSR count). The van der Waals surface area contributed by atoms with Gasteiger partial charge in [0.15, 0.2) is 5.82 Å². The predicted octanol–water partition coefficient (Wildman–Crippen LogP) is 17.8. The van der Waals surface area contributed by atoms with Crippen molar-refractivity contribution < 1.29 is 4.42 Å². The molecule has 4 aromatic heterocycles. The van der Waals surface area contributed by atoms with Crippen molar-refractivity contribution in [1.82, 2.24) is 19.5 Å². The molecule has 334 valence electrons. The molecule has 4 heterocycles. The molecule has 0 aliphatic rings. The lowest BCUT2D eigenvalue weighted by atomic mass is 9.86. The van der Waals surface area contributed by atoms with Gasteiger partial charge in [-0.1, -0.05) is 188 Å². The van der Waals surface area contributed by atoms with Crippen molar-refractivity contribution in [3.05, 3.63) is 243 Å². The smallest absolute Gasteiger partial charge is 0.160 e. The topological polar surface area (TPSA) is 56.7 Å². The highest BCUT2D eigenvalue weighted by atomic mass is 16.3. The van der Waals surface area contributed by atoms with Crippen LogP contribution in [-0.4, -0.2) is 19.5 Å². The van der Waals surface area contributed by atoms with Gasteiger partial charge < -0.3 is 8.98 Å². The Hall–Kier alpha value is -9.71. The van der Waals surface area contributed by atoms with Gasteiger partial charge >= 0.3 is 0 Å². The molecule has 15 aromatic rings. The maximum atomic E-state index is 7.12. The number of benzene rings is 11. The van der Waals surface area contributed by atoms with Gasteiger partial charge in [-0.05, 0) is 76.1 Å². The molecule has 0 fully saturated rings. The maximum Gasteiger partial charge on any atom is 0.160 e. The van der Waals surface area contributed by atoms with Crippen LogP contribution < -0.4 is 0 Å². The zero-order chi connectivity index (χ0) is 47.3. The van der Waals surface area contributed by atoms with Gasteiger partial charge in [-0.3, -0.25) is 0 Å². The van der Waals surface area contributed by atoms with E-state index in [0.29, 0.717) is 5.82 Å². The minimum absolute atomic E-state index is 0.671. The molecule has 0 aliphatic heterocycles. The van der Waals surface area contributed by atoms with Crippen molar-refractivity contribution in [1.29, 1.82) is 0 Å². The third-order valence-electron chi connectivity index (χ3n) is 14.6. The summed E-state index contributed by atoms with van der Waals surface area (Å²) in [5.74, 6) is 0.671. The van der Waals surface area contributed by atoms with Crippen LogP contribution in [0, 0.1) is 0 Å². The van der Waals surface area contributed by atoms with E-state index in [9.17, 15) is 0 Å². The van der Waals surface area contributed by atoms with Gasteiger partial charge in [0.05, 0.1) is 33.6 Å². The van der Waals surface area contributed by atoms with Gasteiger partial charge in [-0.15, -0.1) is 0 Å². The van der Waals surface area contributed by atoms with E-state index in [0.717, 1.165) is 132 Å². The lowest BCUT2D eigenvalue weighted by Crippen LogP contribution is -1.98. The third-order valence-corrected chi connectivity index (χ3v) is 14.6. The summed E-state index contributed by atoms with van der Waals surface area (Å²) in [6.45, 7) is 0. The Morgan fingerprint density at radius 1 is 0.333 bits per heavy atom. The lowest BCUT2D eigenvalue weighted by Gasteiger charge is -2.18. The van der Waals surface area contributed by atoms with E-state index in [1.165, 1.54) is 10.8 Å². The molecule has 0 aliphatic carbocycles. The van der Waals surface area contributed by atoms with Crippen LogP contribution >= 0.6 is 0 Å². The SMILES string of the molecule is c1ccc(-c2nc(-c3ccc4c(c3)c3ccccc3n4-c3ccccc3)cc(-c3c4ccccc4c(-c4cccc5c4oc4ccc6c(-c7ccccc7)nc7ccccc7c6c45)c4ccccc34)n2)cc1. The minimum Gasteiger partial charge on any atom is -0.455 e. The summed E-state index contributed by atoms with van der Waals surface area (Å²) in [5, 5.41) is 12.3. The second kappa shape index (κ2) is 15.9. The Balaban J connectivity index is 0.976. The third kappa shape index (κ3) is 6.11. The summed E-state index contributed by atoms with van der Waals surface area (Å²) in [6, 6.07) is 86.0. The number of nitrogens with zero attached hydrogens (tertiary/aromatic N) is 4. The number of fused-ring (bicyclic) bond motifs is 12. The fraction of sp³-hybridized carbons (Fsp3) is 0. The highest BCUT2D eigenvalue weighted by molar-refractivity contribution is 6.30. The van der Waals surface area contributed by atoms with Gasteiger partial charge in [0, 0.05) is 76.8 Å². The molecule has 0 saturated carbocycles. The Morgan fingerprint density at radius 3 is 1.65 bits per heavy atom. The first-order chi connectivity index (χ1) is 35.7. The first-order valence-electron chi connectivity index (χ1n) is 24.4. The molecule has 0 unspecified atom stereocenters. The lowest BCUT2D eigenvalue weighted by molar-refractivity contribution is 0.670. The van der Waals surface area contributed by atoms with E-state index in [1.807, 2.05) is 6.07 Å². The highest BCUT2D eigenvalue weighted by Gasteiger charge is 2.24. The van der Waals surface area contributed by atoms with Crippen LogP contribution in [0.4, 0.5) is 0 Å². The number of para-hydroxylation sites is 4. The minimum atomic E-state index is 0.671. The molecular weight excluding hydrogens is 877 g/mol. The van der Waals surface area contributed by atoms with Crippen LogP contribution in [0.25, 0.3) is 149 Å². The molecule has 11 aromatic carbocycles. The van der Waals surface area contributed by atoms with Gasteiger partial charge in [-0.2, -0.15) is 0 Å². The molecular formula is C67H40N4O. The first kappa shape index (κ1) is 40.2. The zero-order valence-corrected chi connectivity index (χ0v) is 38.8. The average Bonchev–Trinajstić information content (AvgIpc) is 4.01. The highest BCUT2D eigenvalue weighted by Crippen LogP contribution is 2.49. The Labute approximate surface area is 413 Å². The molecule has 0 bridgehead atoms. The predicted molar refractivity (Wildman–Crippen MR) is 299 cm³/mol. The fourth-order valence-corrected chi connectivity index (χ4v) is 11.5. The van der Waals surface area contributed by atoms with Crippen LogP contribution in [0.2, 0.25) is 0 Å². The first-order valence-corrected chi connectivity index (χ1v) is 24.4. The normalized spacial score (nSPS) is 11.9. The van der Waals surface area contributed by atoms with E-state index in [4.69, 9.17) is 19.4 Å². The monoisotopic (exact) mass is 916 g/mol. The number of aromatic nitrogens is 4. The summed E-state index contributed by atoms with van der Waals surface area (Å²) in [7, 11) is 0. The van der Waals surface area contributed by atoms with Crippen molar-refractivity contribution >= 4 is 87.0 Å². The number of furan rings is 1. The van der Waals surface area contributed by atoms with Crippen molar-refractivity contribution in [3.63, 3.8) is 0 Å². The van der Waals surface area contributed by atoms with Crippen LogP contribution in [0.15, 0.2) is 247 Å². The van der Waals surface area contributed by atoms with E-state index in [1.54, 1.807) is 0 Å². The molecule has 5 heteroatoms. The largest absolute Gasteiger partial charge is 0.455 e. The zero-order valence-electron chi connectivity index (χ0n) is 38.8. The molecule has 0 N–H and O–H groups in total. The molecule has 72 heavy (non-hydrogen) atoms. The van der Waals surface area contributed by atoms with E-state index >= 15 is 0 Å². The molecule has 0 radical (unpaired) electrons. The Kier molecular flexibility index (Phi) is 8.89. The van der Waals surface area contributed by atoms with Gasteiger partial charge in [0.25, 0.3) is 0 Å². The summed E-state index contributed by atoms with van der Waals surface area (Å²) in [6.07, 6.45) is 0. The van der Waals surface area contributed by atoms with Crippen molar-refractivity contribution in [3.8, 4) is 62.0 Å². The van der Waals surface area contributed by atoms with Crippen LogP contribution in [0.1, 0.15) is 0 Å². The number of rotatable bonds is 6. The summed E-state index contributed by atoms with van der Waals surface area (Å²) in [5.41, 5.74) is 15.0. The molecule has 5 nitrogen and oxygen atoms in total. The van der Waals surface area contributed by atoms with Crippen LogP contribution in [0.5, 0.6) is 0 Å². The Morgan fingerprint density at radius 2 is 0.917 bits per heavy atom. The molecule has 0 amide bonds. The van der Waals surface area contributed by atoms with E-state index in [2.05, 4.69) is 241 Å².